The Kier molecular flexibility index (Phi) is 8.88. The highest BCUT2D eigenvalue weighted by atomic mass is 16.6. The first-order valence-electron chi connectivity index (χ1n) is 14.0. The normalized spacial score (nSPS) is 27.8. The number of hydrogen-bond acceptors (Lipinski definition) is 7. The summed E-state index contributed by atoms with van der Waals surface area (Å²) >= 11 is 0. The lowest BCUT2D eigenvalue weighted by Gasteiger charge is -2.36. The Morgan fingerprint density at radius 2 is 1.71 bits per heavy atom. The minimum atomic E-state index is -1.68. The number of carbonyl (C=O) groups excluding carboxylic acids is 4. The van der Waals surface area contributed by atoms with E-state index in [0.29, 0.717) is 31.2 Å². The number of ether oxygens (including phenoxy) is 1. The molecule has 5 N–H and O–H groups in total. The number of nitrogens with zero attached hydrogens (tertiary/aromatic N) is 1. The molecule has 216 valence electrons. The topological polar surface area (TPSA) is 151 Å². The van der Waals surface area contributed by atoms with Crippen LogP contribution in [-0.4, -0.2) is 70.2 Å². The fourth-order valence-corrected chi connectivity index (χ4v) is 5.95. The van der Waals surface area contributed by atoms with Crippen molar-refractivity contribution in [1.29, 1.82) is 0 Å². The first kappa shape index (κ1) is 30.3. The molecule has 0 aromatic heterocycles. The van der Waals surface area contributed by atoms with E-state index >= 15 is 0 Å². The average molecular weight is 537 g/mol. The second-order valence-corrected chi connectivity index (χ2v) is 13.7. The second-order valence-electron chi connectivity index (χ2n) is 13.7. The smallest absolute Gasteiger partial charge is 0.408 e. The molecular weight excluding hydrogens is 488 g/mol. The maximum Gasteiger partial charge on any atom is 0.408 e. The minimum Gasteiger partial charge on any atom is -0.444 e. The van der Waals surface area contributed by atoms with Gasteiger partial charge in [0.25, 0.3) is 0 Å². The van der Waals surface area contributed by atoms with E-state index in [-0.39, 0.29) is 11.3 Å². The van der Waals surface area contributed by atoms with Crippen LogP contribution in [0.4, 0.5) is 4.79 Å². The highest BCUT2D eigenvalue weighted by Crippen LogP contribution is 2.61. The summed E-state index contributed by atoms with van der Waals surface area (Å²) < 4.78 is 5.42. The third kappa shape index (κ3) is 7.05. The lowest BCUT2D eigenvalue weighted by atomic mass is 9.80. The molecule has 3 amide bonds. The van der Waals surface area contributed by atoms with E-state index in [1.165, 1.54) is 0 Å². The van der Waals surface area contributed by atoms with Crippen molar-refractivity contribution in [2.45, 2.75) is 123 Å². The summed E-state index contributed by atoms with van der Waals surface area (Å²) in [7, 11) is 0. The van der Waals surface area contributed by atoms with Crippen LogP contribution in [0, 0.1) is 22.7 Å². The first-order valence-corrected chi connectivity index (χ1v) is 14.0. The van der Waals surface area contributed by atoms with Crippen molar-refractivity contribution in [3.8, 4) is 0 Å². The van der Waals surface area contributed by atoms with Crippen molar-refractivity contribution in [3.63, 3.8) is 0 Å². The maximum absolute atomic E-state index is 14.0. The molecule has 10 nitrogen and oxygen atoms in total. The highest BCUT2D eigenvalue weighted by Gasteiger charge is 2.62. The SMILES string of the molecule is CC[C@H]1C[C@@]12C[C@@H](C(=O)NC(CC1CCC1)C(=O)C(N)O)N(C(=O)C(NC(=O)OC(C)(C)C)C(C)(C)C)C2. The van der Waals surface area contributed by atoms with Gasteiger partial charge in [0.05, 0.1) is 6.04 Å². The number of nitrogens with two attached hydrogens (primary N) is 1. The molecule has 1 aliphatic heterocycles. The Hall–Kier alpha value is -2.20. The Labute approximate surface area is 226 Å². The third-order valence-corrected chi connectivity index (χ3v) is 8.42. The largest absolute Gasteiger partial charge is 0.444 e. The number of ketones is 1. The van der Waals surface area contributed by atoms with E-state index in [9.17, 15) is 24.3 Å². The van der Waals surface area contributed by atoms with Gasteiger partial charge in [-0.15, -0.1) is 0 Å². The zero-order chi connectivity index (χ0) is 28.6. The fourth-order valence-electron chi connectivity index (χ4n) is 5.95. The van der Waals surface area contributed by atoms with Gasteiger partial charge in [0.2, 0.25) is 11.8 Å². The van der Waals surface area contributed by atoms with Gasteiger partial charge >= 0.3 is 6.09 Å². The van der Waals surface area contributed by atoms with Gasteiger partial charge in [-0.2, -0.15) is 0 Å². The summed E-state index contributed by atoms with van der Waals surface area (Å²) in [6.45, 7) is 13.4. The number of carbonyl (C=O) groups is 4. The number of hydrogen-bond donors (Lipinski definition) is 4. The molecule has 2 aliphatic carbocycles. The van der Waals surface area contributed by atoms with Gasteiger partial charge < -0.3 is 25.4 Å². The van der Waals surface area contributed by atoms with Crippen molar-refractivity contribution >= 4 is 23.7 Å². The van der Waals surface area contributed by atoms with Crippen molar-refractivity contribution in [3.05, 3.63) is 0 Å². The molecule has 0 aromatic rings. The van der Waals surface area contributed by atoms with Crippen LogP contribution in [0.1, 0.15) is 93.4 Å². The van der Waals surface area contributed by atoms with E-state index < -0.39 is 53.2 Å². The Balaban J connectivity index is 1.84. The second kappa shape index (κ2) is 11.1. The van der Waals surface area contributed by atoms with E-state index in [2.05, 4.69) is 17.6 Å². The predicted molar refractivity (Wildman–Crippen MR) is 143 cm³/mol. The fraction of sp³-hybridized carbons (Fsp3) is 0.857. The molecule has 3 fully saturated rings. The van der Waals surface area contributed by atoms with Crippen LogP contribution in [0.15, 0.2) is 0 Å². The van der Waals surface area contributed by atoms with Gasteiger partial charge in [0.1, 0.15) is 17.7 Å². The minimum absolute atomic E-state index is 0.137. The summed E-state index contributed by atoms with van der Waals surface area (Å²) in [6, 6.07) is -2.60. The van der Waals surface area contributed by atoms with Gasteiger partial charge in [0.15, 0.2) is 12.0 Å². The summed E-state index contributed by atoms with van der Waals surface area (Å²) in [5, 5.41) is 15.3. The van der Waals surface area contributed by atoms with E-state index in [4.69, 9.17) is 10.5 Å². The number of amides is 3. The number of aliphatic hydroxyl groups is 1. The lowest BCUT2D eigenvalue weighted by Crippen LogP contribution is -2.59. The molecule has 0 aromatic carbocycles. The van der Waals surface area contributed by atoms with E-state index in [1.54, 1.807) is 25.7 Å². The van der Waals surface area contributed by atoms with Gasteiger partial charge in [-0.1, -0.05) is 53.4 Å². The molecule has 10 heteroatoms. The number of nitrogens with one attached hydrogen (secondary N) is 2. The number of alkyl carbamates (subject to hydrolysis) is 1. The molecule has 6 atom stereocenters. The van der Waals surface area contributed by atoms with Crippen molar-refractivity contribution < 1.29 is 29.0 Å². The molecular formula is C28H48N4O6. The monoisotopic (exact) mass is 536 g/mol. The van der Waals surface area contributed by atoms with Crippen LogP contribution in [0.3, 0.4) is 0 Å². The third-order valence-electron chi connectivity index (χ3n) is 8.42. The molecule has 2 saturated carbocycles. The first-order chi connectivity index (χ1) is 17.5. The van der Waals surface area contributed by atoms with Gasteiger partial charge in [-0.05, 0) is 62.7 Å². The molecule has 0 bridgehead atoms. The predicted octanol–water partition coefficient (Wildman–Crippen LogP) is 2.46. The summed E-state index contributed by atoms with van der Waals surface area (Å²) in [6.07, 6.45) is 3.47. The lowest BCUT2D eigenvalue weighted by molar-refractivity contribution is -0.143. The van der Waals surface area contributed by atoms with E-state index in [1.807, 2.05) is 20.8 Å². The quantitative estimate of drug-likeness (QED) is 0.330. The molecule has 3 rings (SSSR count). The summed E-state index contributed by atoms with van der Waals surface area (Å²) in [4.78, 5) is 54.6. The van der Waals surface area contributed by atoms with E-state index in [0.717, 1.165) is 32.1 Å². The average Bonchev–Trinajstić information content (AvgIpc) is 3.29. The van der Waals surface area contributed by atoms with Gasteiger partial charge in [-0.25, -0.2) is 4.79 Å². The molecule has 1 spiro atoms. The zero-order valence-corrected chi connectivity index (χ0v) is 24.1. The van der Waals surface area contributed by atoms with Crippen LogP contribution >= 0.6 is 0 Å². The van der Waals surface area contributed by atoms with Crippen LogP contribution in [0.25, 0.3) is 0 Å². The summed E-state index contributed by atoms with van der Waals surface area (Å²) in [5.41, 5.74) is 3.97. The van der Waals surface area contributed by atoms with Crippen LogP contribution in [-0.2, 0) is 19.1 Å². The molecule has 3 unspecified atom stereocenters. The number of Topliss-reactive ketones (excluding diaryl/α,β-unsaturated/α-hetero) is 1. The Morgan fingerprint density at radius 1 is 1.08 bits per heavy atom. The van der Waals surface area contributed by atoms with Crippen molar-refractivity contribution in [2.24, 2.45) is 28.4 Å². The van der Waals surface area contributed by atoms with Crippen LogP contribution in [0.5, 0.6) is 0 Å². The number of aliphatic hydroxyl groups excluding tert-OH is 1. The number of rotatable bonds is 9. The maximum atomic E-state index is 14.0. The number of likely N-dealkylation sites (tertiary alicyclic amines) is 1. The molecule has 1 heterocycles. The van der Waals surface area contributed by atoms with Crippen LogP contribution < -0.4 is 16.4 Å². The molecule has 38 heavy (non-hydrogen) atoms. The molecule has 0 radical (unpaired) electrons. The highest BCUT2D eigenvalue weighted by molar-refractivity contribution is 5.96. The van der Waals surface area contributed by atoms with Crippen molar-refractivity contribution in [2.75, 3.05) is 6.54 Å². The van der Waals surface area contributed by atoms with Crippen LogP contribution in [0.2, 0.25) is 0 Å². The van der Waals surface area contributed by atoms with Gasteiger partial charge in [0, 0.05) is 6.54 Å². The molecule has 1 saturated heterocycles. The van der Waals surface area contributed by atoms with Crippen molar-refractivity contribution in [1.82, 2.24) is 15.5 Å². The zero-order valence-electron chi connectivity index (χ0n) is 24.1. The Bertz CT molecular complexity index is 919. The summed E-state index contributed by atoms with van der Waals surface area (Å²) in [5.74, 6) is -0.663. The Morgan fingerprint density at radius 3 is 2.16 bits per heavy atom. The van der Waals surface area contributed by atoms with Gasteiger partial charge in [-0.3, -0.25) is 20.1 Å². The molecule has 3 aliphatic rings. The standard InChI is InChI=1S/C28H48N4O6/c1-8-17-13-28(17)14-19(23(35)30-18(20(33)22(29)34)12-16-10-9-11-16)32(15-28)24(36)21(26(2,3)4)31-25(37)38-27(5,6)7/h16-19,21-22,34H,8-15,29H2,1-7H3,(H,30,35)(H,31,37)/t17-,18?,19-,21?,22?,28-/m0/s1.